The van der Waals surface area contributed by atoms with Gasteiger partial charge in [-0.25, -0.2) is 0 Å². The Morgan fingerprint density at radius 3 is 2.25 bits per heavy atom. The van der Waals surface area contributed by atoms with Gasteiger partial charge >= 0.3 is 0 Å². The lowest BCUT2D eigenvalue weighted by molar-refractivity contribution is -0.0221. The predicted octanol–water partition coefficient (Wildman–Crippen LogP) is 2.96. The largest absolute Gasteiger partial charge is 0.196 e. The van der Waals surface area contributed by atoms with Crippen LogP contribution in [0.1, 0.15) is 38.5 Å². The number of rotatable bonds is 0. The molecule has 4 aliphatic rings. The monoisotopic (exact) mass is 262 g/mol. The molecule has 0 aliphatic heterocycles. The quantitative estimate of drug-likeness (QED) is 0.627. The highest BCUT2D eigenvalue weighted by Crippen LogP contribution is 2.71. The number of nitrogens with zero attached hydrogens (tertiary/aromatic N) is 4. The molecule has 0 aromatic heterocycles. The molecule has 4 nitrogen and oxygen atoms in total. The molecule has 98 valence electrons. The van der Waals surface area contributed by atoms with E-state index in [2.05, 4.69) is 24.3 Å². The van der Waals surface area contributed by atoms with Crippen molar-refractivity contribution in [2.75, 3.05) is 0 Å². The molecule has 0 amide bonds. The average molecular weight is 262 g/mol. The molecule has 2 saturated carbocycles. The van der Waals surface area contributed by atoms with Crippen LogP contribution >= 0.6 is 0 Å². The molecule has 0 aromatic carbocycles. The fourth-order valence-electron chi connectivity index (χ4n) is 4.79. The average Bonchev–Trinajstić information content (AvgIpc) is 2.52. The number of allylic oxidation sites excluding steroid dienone is 2. The van der Waals surface area contributed by atoms with Gasteiger partial charge in [0.25, 0.3) is 0 Å². The Bertz CT molecular complexity index is 633. The van der Waals surface area contributed by atoms with Crippen molar-refractivity contribution < 1.29 is 0 Å². The standard InChI is InChI=1S/C16H14N4/c17-8-15(9-18)13-4-6-14(16(15,10-19)11-20)5-2-1-3-12(14)7-13/h7,13H,1-6H2/t13-,14-/m1/s1. The summed E-state index contributed by atoms with van der Waals surface area (Å²) in [6.07, 6.45) is 7.21. The summed E-state index contributed by atoms with van der Waals surface area (Å²) in [5, 5.41) is 38.9. The molecule has 0 N–H and O–H groups in total. The van der Waals surface area contributed by atoms with Crippen LogP contribution in [0, 0.1) is 67.5 Å². The van der Waals surface area contributed by atoms with Gasteiger partial charge in [-0.2, -0.15) is 21.0 Å². The van der Waals surface area contributed by atoms with Gasteiger partial charge in [0.05, 0.1) is 24.3 Å². The Morgan fingerprint density at radius 1 is 0.950 bits per heavy atom. The smallest absolute Gasteiger partial charge is 0.185 e. The zero-order chi connectivity index (χ0) is 14.4. The Hall–Kier alpha value is -2.30. The number of fused-ring (bicyclic) bond motifs is 2. The Morgan fingerprint density at radius 2 is 1.65 bits per heavy atom. The first kappa shape index (κ1) is 12.7. The van der Waals surface area contributed by atoms with E-state index in [9.17, 15) is 21.0 Å². The molecule has 2 bridgehead atoms. The first-order chi connectivity index (χ1) is 9.66. The summed E-state index contributed by atoms with van der Waals surface area (Å²) in [5.41, 5.74) is -2.45. The molecule has 4 rings (SSSR count). The summed E-state index contributed by atoms with van der Waals surface area (Å²) in [5.74, 6) is -0.285. The molecule has 0 radical (unpaired) electrons. The Labute approximate surface area is 118 Å². The highest BCUT2D eigenvalue weighted by Gasteiger charge is 2.74. The van der Waals surface area contributed by atoms with Gasteiger partial charge < -0.3 is 0 Å². The van der Waals surface area contributed by atoms with Gasteiger partial charge in [-0.15, -0.1) is 0 Å². The minimum atomic E-state index is -1.52. The Kier molecular flexibility index (Phi) is 2.45. The van der Waals surface area contributed by atoms with E-state index in [-0.39, 0.29) is 5.92 Å². The fraction of sp³-hybridized carbons (Fsp3) is 0.625. The van der Waals surface area contributed by atoms with Crippen molar-refractivity contribution in [1.29, 1.82) is 21.0 Å². The van der Waals surface area contributed by atoms with Gasteiger partial charge in [-0.3, -0.25) is 0 Å². The third kappa shape index (κ3) is 1.02. The normalized spacial score (nSPS) is 35.4. The van der Waals surface area contributed by atoms with E-state index in [0.29, 0.717) is 0 Å². The van der Waals surface area contributed by atoms with Crippen molar-refractivity contribution in [2.45, 2.75) is 38.5 Å². The van der Waals surface area contributed by atoms with Gasteiger partial charge in [0.1, 0.15) is 0 Å². The molecule has 4 aliphatic carbocycles. The minimum absolute atomic E-state index is 0.285. The van der Waals surface area contributed by atoms with Crippen LogP contribution in [0.5, 0.6) is 0 Å². The second-order valence-corrected chi connectivity index (χ2v) is 6.13. The first-order valence-corrected chi connectivity index (χ1v) is 7.02. The lowest BCUT2D eigenvalue weighted by atomic mass is 9.36. The van der Waals surface area contributed by atoms with Gasteiger partial charge in [0.2, 0.25) is 0 Å². The molecule has 0 saturated heterocycles. The molecule has 4 heteroatoms. The van der Waals surface area contributed by atoms with Gasteiger partial charge in [0, 0.05) is 11.3 Å². The number of nitriles is 4. The minimum Gasteiger partial charge on any atom is -0.196 e. The molecular weight excluding hydrogens is 248 g/mol. The van der Waals surface area contributed by atoms with Crippen LogP contribution in [-0.4, -0.2) is 0 Å². The number of hydrogen-bond donors (Lipinski definition) is 0. The van der Waals surface area contributed by atoms with E-state index in [4.69, 9.17) is 0 Å². The highest BCUT2D eigenvalue weighted by atomic mass is 14.7. The van der Waals surface area contributed by atoms with Crippen LogP contribution in [0.15, 0.2) is 11.6 Å². The molecule has 0 aromatic rings. The van der Waals surface area contributed by atoms with Crippen molar-refractivity contribution in [1.82, 2.24) is 0 Å². The second kappa shape index (κ2) is 3.85. The van der Waals surface area contributed by atoms with E-state index in [0.717, 1.165) is 44.1 Å². The Balaban J connectivity index is 2.38. The van der Waals surface area contributed by atoms with Crippen LogP contribution in [0.4, 0.5) is 0 Å². The van der Waals surface area contributed by atoms with Crippen molar-refractivity contribution in [2.24, 2.45) is 22.2 Å². The molecule has 1 spiro atoms. The second-order valence-electron chi connectivity index (χ2n) is 6.13. The summed E-state index contributed by atoms with van der Waals surface area (Å²) in [6, 6.07) is 8.41. The molecule has 20 heavy (non-hydrogen) atoms. The lowest BCUT2D eigenvalue weighted by Gasteiger charge is -2.60. The van der Waals surface area contributed by atoms with E-state index in [1.54, 1.807) is 0 Å². The molecule has 2 fully saturated rings. The maximum Gasteiger partial charge on any atom is 0.185 e. The molecular formula is C16H14N4. The van der Waals surface area contributed by atoms with Crippen LogP contribution in [0.25, 0.3) is 0 Å². The molecule has 0 unspecified atom stereocenters. The van der Waals surface area contributed by atoms with Crippen molar-refractivity contribution in [3.63, 3.8) is 0 Å². The predicted molar refractivity (Wildman–Crippen MR) is 69.0 cm³/mol. The summed E-state index contributed by atoms with van der Waals surface area (Å²) >= 11 is 0. The molecule has 0 heterocycles. The topological polar surface area (TPSA) is 95.2 Å². The summed E-state index contributed by atoms with van der Waals surface area (Å²) in [4.78, 5) is 0. The maximum absolute atomic E-state index is 9.79. The summed E-state index contributed by atoms with van der Waals surface area (Å²) in [7, 11) is 0. The first-order valence-electron chi connectivity index (χ1n) is 7.02. The van der Waals surface area contributed by atoms with E-state index in [1.165, 1.54) is 0 Å². The zero-order valence-corrected chi connectivity index (χ0v) is 11.2. The number of hydrogen-bond acceptors (Lipinski definition) is 4. The van der Waals surface area contributed by atoms with E-state index < -0.39 is 16.2 Å². The van der Waals surface area contributed by atoms with Gasteiger partial charge in [0.15, 0.2) is 10.8 Å². The van der Waals surface area contributed by atoms with Crippen molar-refractivity contribution in [3.8, 4) is 24.3 Å². The zero-order valence-electron chi connectivity index (χ0n) is 11.2. The summed E-state index contributed by atoms with van der Waals surface area (Å²) in [6.45, 7) is 0. The van der Waals surface area contributed by atoms with Crippen LogP contribution in [-0.2, 0) is 0 Å². The van der Waals surface area contributed by atoms with Crippen molar-refractivity contribution in [3.05, 3.63) is 11.6 Å². The SMILES string of the molecule is N#CC1(C#N)[C@H]2C=C3CCCC[C@]3(CC2)C1(C#N)C#N. The fourth-order valence-corrected chi connectivity index (χ4v) is 4.79. The van der Waals surface area contributed by atoms with Crippen molar-refractivity contribution >= 4 is 0 Å². The van der Waals surface area contributed by atoms with Gasteiger partial charge in [-0.1, -0.05) is 18.1 Å². The van der Waals surface area contributed by atoms with Crippen LogP contribution in [0.2, 0.25) is 0 Å². The van der Waals surface area contributed by atoms with Crippen LogP contribution < -0.4 is 0 Å². The van der Waals surface area contributed by atoms with Gasteiger partial charge in [-0.05, 0) is 32.1 Å². The van der Waals surface area contributed by atoms with Crippen LogP contribution in [0.3, 0.4) is 0 Å². The molecule has 2 atom stereocenters. The maximum atomic E-state index is 9.79. The third-order valence-corrected chi connectivity index (χ3v) is 5.75. The highest BCUT2D eigenvalue weighted by molar-refractivity contribution is 5.50. The van der Waals surface area contributed by atoms with E-state index >= 15 is 0 Å². The summed E-state index contributed by atoms with van der Waals surface area (Å²) < 4.78 is 0. The van der Waals surface area contributed by atoms with E-state index in [1.807, 2.05) is 6.08 Å². The lowest BCUT2D eigenvalue weighted by Crippen LogP contribution is -2.62. The third-order valence-electron chi connectivity index (χ3n) is 5.75.